The van der Waals surface area contributed by atoms with Crippen molar-refractivity contribution >= 4 is 6.98 Å². The van der Waals surface area contributed by atoms with Gasteiger partial charge in [-0.3, -0.25) is 11.2 Å². The van der Waals surface area contributed by atoms with Crippen LogP contribution in [0.5, 0.6) is 0 Å². The van der Waals surface area contributed by atoms with Gasteiger partial charge in [0.2, 0.25) is 0 Å². The molecule has 0 fully saturated rings. The second-order valence-corrected chi connectivity index (χ2v) is 1.92. The molecule has 0 aliphatic heterocycles. The van der Waals surface area contributed by atoms with E-state index in [0.29, 0.717) is 0 Å². The van der Waals surface area contributed by atoms with Crippen LogP contribution in [-0.2, 0) is 0 Å². The van der Waals surface area contributed by atoms with Crippen LogP contribution in [0.3, 0.4) is 0 Å². The van der Waals surface area contributed by atoms with E-state index in [1.165, 1.54) is 6.42 Å². The van der Waals surface area contributed by atoms with Gasteiger partial charge in [0.05, 0.1) is 0 Å². The summed E-state index contributed by atoms with van der Waals surface area (Å²) < 4.78 is 0. The van der Waals surface area contributed by atoms with Crippen molar-refractivity contribution in [2.45, 2.75) is 26.1 Å². The lowest BCUT2D eigenvalue weighted by atomic mass is 9.74. The average molecular weight is 115 g/mol. The molecule has 0 aromatic heterocycles. The zero-order valence-electron chi connectivity index (χ0n) is 5.35. The normalized spacial score (nSPS) is 9.38. The SMILES string of the molecule is CCCCB(N)NN. The zero-order valence-corrected chi connectivity index (χ0v) is 5.35. The maximum absolute atomic E-state index is 5.42. The highest BCUT2D eigenvalue weighted by atomic mass is 15.2. The number of hydrogen-bond donors (Lipinski definition) is 3. The standard InChI is InChI=1S/C4H14BN3/c1-2-3-4-5(6)8-7/h8H,2-4,6-7H2,1H3. The first-order valence-electron chi connectivity index (χ1n) is 3.03. The lowest BCUT2D eigenvalue weighted by molar-refractivity contribution is 0.854. The molecule has 0 heterocycles. The summed E-state index contributed by atoms with van der Waals surface area (Å²) in [6, 6.07) is 0. The topological polar surface area (TPSA) is 64.1 Å². The summed E-state index contributed by atoms with van der Waals surface area (Å²) in [5.74, 6) is 5.04. The fraction of sp³-hybridized carbons (Fsp3) is 1.00. The van der Waals surface area contributed by atoms with Crippen LogP contribution in [0, 0.1) is 0 Å². The Kier molecular flexibility index (Phi) is 5.05. The molecule has 0 atom stereocenters. The largest absolute Gasteiger partial charge is 0.355 e. The van der Waals surface area contributed by atoms with Gasteiger partial charge in [-0.15, -0.1) is 0 Å². The van der Waals surface area contributed by atoms with E-state index in [-0.39, 0.29) is 6.98 Å². The molecule has 0 bridgehead atoms. The van der Waals surface area contributed by atoms with E-state index in [0.717, 1.165) is 12.7 Å². The van der Waals surface area contributed by atoms with Crippen molar-refractivity contribution in [1.29, 1.82) is 0 Å². The molecule has 0 spiro atoms. The monoisotopic (exact) mass is 115 g/mol. The summed E-state index contributed by atoms with van der Waals surface area (Å²) in [5, 5.41) is 2.48. The second kappa shape index (κ2) is 5.09. The molecule has 0 radical (unpaired) electrons. The minimum absolute atomic E-state index is 0.0186. The number of rotatable bonds is 4. The van der Waals surface area contributed by atoms with Crippen LogP contribution in [0.25, 0.3) is 0 Å². The first-order chi connectivity index (χ1) is 3.81. The summed E-state index contributed by atoms with van der Waals surface area (Å²) in [6.07, 6.45) is 3.29. The highest BCUT2D eigenvalue weighted by Crippen LogP contribution is 1.92. The Labute approximate surface area is 50.9 Å². The molecule has 0 saturated heterocycles. The summed E-state index contributed by atoms with van der Waals surface area (Å²) in [5.41, 5.74) is 5.42. The highest BCUT2D eigenvalue weighted by molar-refractivity contribution is 6.51. The van der Waals surface area contributed by atoms with Gasteiger partial charge in [0.25, 0.3) is 0 Å². The van der Waals surface area contributed by atoms with Crippen LogP contribution < -0.4 is 16.8 Å². The Morgan fingerprint density at radius 1 is 1.62 bits per heavy atom. The van der Waals surface area contributed by atoms with Crippen molar-refractivity contribution in [2.75, 3.05) is 0 Å². The van der Waals surface area contributed by atoms with Crippen LogP contribution >= 0.6 is 0 Å². The third-order valence-corrected chi connectivity index (χ3v) is 1.08. The lowest BCUT2D eigenvalue weighted by Crippen LogP contribution is -2.46. The third kappa shape index (κ3) is 4.11. The second-order valence-electron chi connectivity index (χ2n) is 1.92. The van der Waals surface area contributed by atoms with Crippen LogP contribution in [0.1, 0.15) is 19.8 Å². The third-order valence-electron chi connectivity index (χ3n) is 1.08. The van der Waals surface area contributed by atoms with E-state index < -0.39 is 0 Å². The van der Waals surface area contributed by atoms with E-state index in [2.05, 4.69) is 12.3 Å². The minimum Gasteiger partial charge on any atom is -0.355 e. The Morgan fingerprint density at radius 3 is 2.62 bits per heavy atom. The predicted molar refractivity (Wildman–Crippen MR) is 37.0 cm³/mol. The molecule has 48 valence electrons. The van der Waals surface area contributed by atoms with Gasteiger partial charge in [0, 0.05) is 0 Å². The Bertz CT molecular complexity index is 50.5. The van der Waals surface area contributed by atoms with Gasteiger partial charge >= 0.3 is 6.98 Å². The minimum atomic E-state index is -0.0186. The van der Waals surface area contributed by atoms with Crippen molar-refractivity contribution in [3.8, 4) is 0 Å². The van der Waals surface area contributed by atoms with E-state index in [9.17, 15) is 0 Å². The molecular weight excluding hydrogens is 101 g/mol. The number of nitrogens with one attached hydrogen (secondary N) is 1. The van der Waals surface area contributed by atoms with Crippen molar-refractivity contribution in [2.24, 2.45) is 11.5 Å². The van der Waals surface area contributed by atoms with Crippen LogP contribution in [-0.4, -0.2) is 6.98 Å². The Morgan fingerprint density at radius 2 is 2.25 bits per heavy atom. The first-order valence-corrected chi connectivity index (χ1v) is 3.03. The number of hydrazine groups is 1. The van der Waals surface area contributed by atoms with Gasteiger partial charge in [0.15, 0.2) is 0 Å². The van der Waals surface area contributed by atoms with Crippen molar-refractivity contribution in [3.63, 3.8) is 0 Å². The fourth-order valence-electron chi connectivity index (χ4n) is 0.507. The van der Waals surface area contributed by atoms with Gasteiger partial charge < -0.3 is 5.64 Å². The van der Waals surface area contributed by atoms with Crippen molar-refractivity contribution in [1.82, 2.24) is 5.34 Å². The number of unbranched alkanes of at least 4 members (excludes halogenated alkanes) is 1. The molecule has 0 unspecified atom stereocenters. The van der Waals surface area contributed by atoms with Gasteiger partial charge in [-0.05, 0) is 6.32 Å². The summed E-state index contributed by atoms with van der Waals surface area (Å²) in [6.45, 7) is 2.11. The van der Waals surface area contributed by atoms with Gasteiger partial charge in [0.1, 0.15) is 0 Å². The molecule has 5 N–H and O–H groups in total. The van der Waals surface area contributed by atoms with Gasteiger partial charge in [-0.2, -0.15) is 0 Å². The molecule has 8 heavy (non-hydrogen) atoms. The molecular formula is C4H14BN3. The number of hydrogen-bond acceptors (Lipinski definition) is 3. The summed E-state index contributed by atoms with van der Waals surface area (Å²) in [7, 11) is 0. The molecule has 0 aromatic rings. The molecule has 0 aliphatic rings. The maximum atomic E-state index is 5.42. The number of nitrogens with two attached hydrogens (primary N) is 2. The van der Waals surface area contributed by atoms with Crippen LogP contribution in [0.4, 0.5) is 0 Å². The molecule has 0 rings (SSSR count). The Hall–Kier alpha value is -0.0551. The molecule has 0 amide bonds. The molecule has 0 saturated carbocycles. The summed E-state index contributed by atoms with van der Waals surface area (Å²) >= 11 is 0. The van der Waals surface area contributed by atoms with Gasteiger partial charge in [-0.1, -0.05) is 19.8 Å². The average Bonchev–Trinajstić information content (AvgIpc) is 1.83. The first kappa shape index (κ1) is 7.94. The molecule has 0 aromatic carbocycles. The Balaban J connectivity index is 2.86. The highest BCUT2D eigenvalue weighted by Gasteiger charge is 2.02. The predicted octanol–water partition coefficient (Wildman–Crippen LogP) is -0.303. The van der Waals surface area contributed by atoms with Crippen molar-refractivity contribution < 1.29 is 0 Å². The van der Waals surface area contributed by atoms with Crippen molar-refractivity contribution in [3.05, 3.63) is 0 Å². The lowest BCUT2D eigenvalue weighted by Gasteiger charge is -2.01. The quantitative estimate of drug-likeness (QED) is 0.267. The van der Waals surface area contributed by atoms with E-state index in [1.54, 1.807) is 0 Å². The van der Waals surface area contributed by atoms with Crippen LogP contribution in [0.2, 0.25) is 6.32 Å². The van der Waals surface area contributed by atoms with E-state index in [1.807, 2.05) is 0 Å². The maximum Gasteiger partial charge on any atom is 0.316 e. The van der Waals surface area contributed by atoms with Gasteiger partial charge in [-0.25, -0.2) is 0 Å². The molecule has 3 nitrogen and oxygen atoms in total. The van der Waals surface area contributed by atoms with Crippen LogP contribution in [0.15, 0.2) is 0 Å². The van der Waals surface area contributed by atoms with E-state index in [4.69, 9.17) is 11.5 Å². The summed E-state index contributed by atoms with van der Waals surface area (Å²) in [4.78, 5) is 0. The smallest absolute Gasteiger partial charge is 0.316 e. The fourth-order valence-corrected chi connectivity index (χ4v) is 0.507. The van der Waals surface area contributed by atoms with E-state index >= 15 is 0 Å². The molecule has 0 aliphatic carbocycles. The molecule has 4 heteroatoms. The zero-order chi connectivity index (χ0) is 6.41.